The summed E-state index contributed by atoms with van der Waals surface area (Å²) in [5.74, 6) is 0. The average molecular weight is 322 g/mol. The van der Waals surface area contributed by atoms with Crippen molar-refractivity contribution in [3.05, 3.63) is 5.69 Å². The van der Waals surface area contributed by atoms with E-state index in [1.54, 1.807) is 11.3 Å². The Labute approximate surface area is 136 Å². The Kier molecular flexibility index (Phi) is 4.65. The van der Waals surface area contributed by atoms with E-state index in [-0.39, 0.29) is 0 Å². The van der Waals surface area contributed by atoms with Crippen LogP contribution in [-0.2, 0) is 7.05 Å². The number of rotatable bonds is 5. The van der Waals surface area contributed by atoms with E-state index in [4.69, 9.17) is 0 Å². The van der Waals surface area contributed by atoms with Crippen molar-refractivity contribution in [1.29, 1.82) is 0 Å². The molecular formula is C15H26N6S. The van der Waals surface area contributed by atoms with Crippen molar-refractivity contribution in [3.63, 3.8) is 0 Å². The molecule has 7 heteroatoms. The summed E-state index contributed by atoms with van der Waals surface area (Å²) in [7, 11) is 1.95. The molecule has 1 fully saturated rings. The van der Waals surface area contributed by atoms with Crippen molar-refractivity contribution >= 4 is 26.8 Å². The maximum Gasteiger partial charge on any atom is 0.185 e. The van der Waals surface area contributed by atoms with Crippen LogP contribution in [0.3, 0.4) is 0 Å². The Balaban J connectivity index is 1.47. The summed E-state index contributed by atoms with van der Waals surface area (Å²) in [6.07, 6.45) is 0. The Bertz CT molecular complexity index is 589. The zero-order chi connectivity index (χ0) is 15.7. The van der Waals surface area contributed by atoms with Crippen LogP contribution in [0.15, 0.2) is 0 Å². The Morgan fingerprint density at radius 3 is 2.59 bits per heavy atom. The quantitative estimate of drug-likeness (QED) is 0.909. The summed E-state index contributed by atoms with van der Waals surface area (Å²) in [5, 5.41) is 8.86. The third-order valence-electron chi connectivity index (χ3n) is 4.39. The minimum absolute atomic E-state index is 0.667. The fourth-order valence-corrected chi connectivity index (χ4v) is 3.94. The second-order valence-corrected chi connectivity index (χ2v) is 7.28. The van der Waals surface area contributed by atoms with Gasteiger partial charge in [-0.1, -0.05) is 11.3 Å². The van der Waals surface area contributed by atoms with E-state index < -0.39 is 0 Å². The normalized spacial score (nSPS) is 17.7. The van der Waals surface area contributed by atoms with Crippen LogP contribution in [0.5, 0.6) is 0 Å². The van der Waals surface area contributed by atoms with Crippen molar-refractivity contribution in [3.8, 4) is 0 Å². The summed E-state index contributed by atoms with van der Waals surface area (Å²) in [6, 6.07) is 0.667. The minimum atomic E-state index is 0.667. The fourth-order valence-electron chi connectivity index (χ4n) is 2.98. The predicted octanol–water partition coefficient (Wildman–Crippen LogP) is 1.78. The van der Waals surface area contributed by atoms with Gasteiger partial charge in [0.1, 0.15) is 0 Å². The van der Waals surface area contributed by atoms with Crippen molar-refractivity contribution in [2.24, 2.45) is 7.05 Å². The van der Waals surface area contributed by atoms with Gasteiger partial charge in [0.25, 0.3) is 0 Å². The van der Waals surface area contributed by atoms with E-state index in [1.807, 2.05) is 18.7 Å². The molecule has 0 atom stereocenters. The summed E-state index contributed by atoms with van der Waals surface area (Å²) in [5.41, 5.74) is 2.04. The number of anilines is 1. The first kappa shape index (κ1) is 15.7. The molecule has 1 aliphatic rings. The number of nitrogens with one attached hydrogen (secondary N) is 1. The lowest BCUT2D eigenvalue weighted by Gasteiger charge is -2.36. The lowest BCUT2D eigenvalue weighted by Crippen LogP contribution is -2.49. The molecule has 3 heterocycles. The number of fused-ring (bicyclic) bond motifs is 1. The largest absolute Gasteiger partial charge is 0.360 e. The first-order chi connectivity index (χ1) is 10.5. The second-order valence-electron chi connectivity index (χ2n) is 6.28. The molecule has 0 bridgehead atoms. The number of piperazine rings is 1. The van der Waals surface area contributed by atoms with E-state index >= 15 is 0 Å². The lowest BCUT2D eigenvalue weighted by atomic mass is 10.2. The molecule has 0 unspecified atom stereocenters. The number of thiazole rings is 1. The Morgan fingerprint density at radius 2 is 1.95 bits per heavy atom. The predicted molar refractivity (Wildman–Crippen MR) is 92.8 cm³/mol. The maximum atomic E-state index is 4.63. The molecule has 0 saturated carbocycles. The highest BCUT2D eigenvalue weighted by Gasteiger charge is 2.18. The number of hydrogen-bond donors (Lipinski definition) is 1. The van der Waals surface area contributed by atoms with Crippen molar-refractivity contribution in [2.45, 2.75) is 26.8 Å². The number of aromatic nitrogens is 3. The van der Waals surface area contributed by atoms with E-state index in [0.717, 1.165) is 29.6 Å². The molecular weight excluding hydrogens is 296 g/mol. The van der Waals surface area contributed by atoms with Gasteiger partial charge in [0.15, 0.2) is 10.8 Å². The van der Waals surface area contributed by atoms with Gasteiger partial charge in [0, 0.05) is 52.4 Å². The average Bonchev–Trinajstić information content (AvgIpc) is 3.02. The molecule has 0 radical (unpaired) electrons. The summed E-state index contributed by atoms with van der Waals surface area (Å²) >= 11 is 1.70. The topological polar surface area (TPSA) is 49.2 Å². The highest BCUT2D eigenvalue weighted by atomic mass is 32.1. The number of hydrogen-bond acceptors (Lipinski definition) is 6. The molecule has 1 saturated heterocycles. The molecule has 22 heavy (non-hydrogen) atoms. The summed E-state index contributed by atoms with van der Waals surface area (Å²) < 4.78 is 3.05. The molecule has 122 valence electrons. The zero-order valence-electron chi connectivity index (χ0n) is 14.0. The Hall–Kier alpha value is -1.18. The monoisotopic (exact) mass is 322 g/mol. The fraction of sp³-hybridized carbons (Fsp3) is 0.733. The van der Waals surface area contributed by atoms with Crippen LogP contribution < -0.4 is 5.32 Å². The van der Waals surface area contributed by atoms with Crippen molar-refractivity contribution < 1.29 is 0 Å². The summed E-state index contributed by atoms with van der Waals surface area (Å²) in [6.45, 7) is 13.3. The van der Waals surface area contributed by atoms with Crippen LogP contribution in [0.25, 0.3) is 10.3 Å². The van der Waals surface area contributed by atoms with Crippen LogP contribution in [0.2, 0.25) is 0 Å². The molecule has 0 amide bonds. The van der Waals surface area contributed by atoms with Crippen molar-refractivity contribution in [2.75, 3.05) is 44.6 Å². The van der Waals surface area contributed by atoms with E-state index in [1.165, 1.54) is 30.9 Å². The molecule has 2 aromatic heterocycles. The van der Waals surface area contributed by atoms with Gasteiger partial charge in [-0.15, -0.1) is 0 Å². The van der Waals surface area contributed by atoms with E-state index in [9.17, 15) is 0 Å². The smallest absolute Gasteiger partial charge is 0.185 e. The molecule has 0 spiro atoms. The molecule has 2 aromatic rings. The molecule has 1 N–H and O–H groups in total. The van der Waals surface area contributed by atoms with Crippen molar-refractivity contribution in [1.82, 2.24) is 24.6 Å². The molecule has 0 aliphatic carbocycles. The third kappa shape index (κ3) is 3.26. The number of nitrogens with zero attached hydrogens (tertiary/aromatic N) is 5. The van der Waals surface area contributed by atoms with Gasteiger partial charge in [0.05, 0.1) is 10.4 Å². The van der Waals surface area contributed by atoms with Gasteiger partial charge in [-0.05, 0) is 20.8 Å². The van der Waals surface area contributed by atoms with Gasteiger partial charge in [-0.3, -0.25) is 9.80 Å². The van der Waals surface area contributed by atoms with Gasteiger partial charge >= 0.3 is 0 Å². The van der Waals surface area contributed by atoms with Gasteiger partial charge in [0.2, 0.25) is 0 Å². The summed E-state index contributed by atoms with van der Waals surface area (Å²) in [4.78, 5) is 9.71. The van der Waals surface area contributed by atoms with E-state index in [0.29, 0.717) is 6.04 Å². The first-order valence-electron chi connectivity index (χ1n) is 8.05. The third-order valence-corrected chi connectivity index (χ3v) is 5.50. The highest BCUT2D eigenvalue weighted by Crippen LogP contribution is 2.27. The maximum absolute atomic E-state index is 4.63. The van der Waals surface area contributed by atoms with Gasteiger partial charge in [-0.2, -0.15) is 5.10 Å². The van der Waals surface area contributed by atoms with Crippen LogP contribution >= 0.6 is 11.3 Å². The lowest BCUT2D eigenvalue weighted by molar-refractivity contribution is 0.111. The zero-order valence-corrected chi connectivity index (χ0v) is 14.8. The van der Waals surface area contributed by atoms with Gasteiger partial charge in [-0.25, -0.2) is 9.67 Å². The van der Waals surface area contributed by atoms with E-state index in [2.05, 4.69) is 39.0 Å². The van der Waals surface area contributed by atoms with Crippen LogP contribution in [0, 0.1) is 6.92 Å². The van der Waals surface area contributed by atoms with Crippen LogP contribution in [0.1, 0.15) is 19.5 Å². The molecule has 1 aliphatic heterocycles. The second kappa shape index (κ2) is 6.52. The Morgan fingerprint density at radius 1 is 1.23 bits per heavy atom. The first-order valence-corrected chi connectivity index (χ1v) is 8.86. The highest BCUT2D eigenvalue weighted by molar-refractivity contribution is 7.22. The van der Waals surface area contributed by atoms with Crippen LogP contribution in [-0.4, -0.2) is 69.9 Å². The molecule has 3 rings (SSSR count). The number of aryl methyl sites for hydroxylation is 2. The minimum Gasteiger partial charge on any atom is -0.360 e. The molecule has 0 aromatic carbocycles. The molecule has 6 nitrogen and oxygen atoms in total. The SMILES string of the molecule is Cc1nn(C)c2nc(NCCN3CCN(C(C)C)CC3)sc12. The van der Waals surface area contributed by atoms with Crippen LogP contribution in [0.4, 0.5) is 5.13 Å². The standard InChI is InChI=1S/C15H26N6S/c1-11(2)21-9-7-20(8-10-21)6-5-16-15-17-14-13(22-15)12(3)18-19(14)4/h11H,5-10H2,1-4H3,(H,16,17). The van der Waals surface area contributed by atoms with Gasteiger partial charge < -0.3 is 5.32 Å².